The Morgan fingerprint density at radius 1 is 1.04 bits per heavy atom. The van der Waals surface area contributed by atoms with Crippen LogP contribution in [0.25, 0.3) is 5.57 Å². The van der Waals surface area contributed by atoms with Crippen LogP contribution >= 0.6 is 0 Å². The number of allylic oxidation sites excluding steroid dienone is 2. The van der Waals surface area contributed by atoms with Crippen molar-refractivity contribution >= 4 is 17.3 Å². The predicted octanol–water partition coefficient (Wildman–Crippen LogP) is 4.02. The van der Waals surface area contributed by atoms with Crippen LogP contribution < -0.4 is 9.47 Å². The summed E-state index contributed by atoms with van der Waals surface area (Å²) in [6.45, 7) is 1.99. The van der Waals surface area contributed by atoms with Crippen molar-refractivity contribution in [3.05, 3.63) is 65.7 Å². The minimum atomic E-state index is -0.835. The molecule has 1 aliphatic carbocycles. The van der Waals surface area contributed by atoms with E-state index >= 15 is 0 Å². The summed E-state index contributed by atoms with van der Waals surface area (Å²) < 4.78 is 15.9. The van der Waals surface area contributed by atoms with Crippen LogP contribution in [0.4, 0.5) is 0 Å². The smallest absolute Gasteiger partial charge is 0.317 e. The van der Waals surface area contributed by atoms with Gasteiger partial charge in [0.25, 0.3) is 0 Å². The Morgan fingerprint density at radius 3 is 2.25 bits per heavy atom. The molecule has 2 atom stereocenters. The molecule has 0 aromatic heterocycles. The van der Waals surface area contributed by atoms with Crippen LogP contribution in [0, 0.1) is 5.92 Å². The summed E-state index contributed by atoms with van der Waals surface area (Å²) in [6.07, 6.45) is 2.09. The van der Waals surface area contributed by atoms with Gasteiger partial charge in [0, 0.05) is 12.0 Å². The van der Waals surface area contributed by atoms with Crippen LogP contribution in [-0.2, 0) is 14.3 Å². The Balaban J connectivity index is 2.04. The normalized spacial score (nSPS) is 19.0. The molecule has 28 heavy (non-hydrogen) atoms. The number of hydrogen-bond donors (Lipinski definition) is 0. The molecule has 2 aromatic rings. The van der Waals surface area contributed by atoms with Crippen molar-refractivity contribution in [2.24, 2.45) is 5.92 Å². The first kappa shape index (κ1) is 19.7. The van der Waals surface area contributed by atoms with Crippen molar-refractivity contribution in [3.8, 4) is 11.5 Å². The molecule has 0 amide bonds. The van der Waals surface area contributed by atoms with Crippen LogP contribution in [0.5, 0.6) is 11.5 Å². The first-order chi connectivity index (χ1) is 13.6. The van der Waals surface area contributed by atoms with Gasteiger partial charge in [0.1, 0.15) is 17.4 Å². The summed E-state index contributed by atoms with van der Waals surface area (Å²) in [5.41, 5.74) is 2.62. The van der Waals surface area contributed by atoms with Gasteiger partial charge in [-0.2, -0.15) is 0 Å². The average Bonchev–Trinajstić information content (AvgIpc) is 2.73. The zero-order valence-corrected chi connectivity index (χ0v) is 16.3. The standard InChI is InChI=1S/C23H24O5/c1-4-28-23(25)22-20(15-8-6-5-7-9-15)12-17(13-21(22)24)16-10-18(26-2)14-19(11-16)27-3/h5-11,13-14,20,22H,4,12H2,1-3H3/t20-,22-/m0/s1. The highest BCUT2D eigenvalue weighted by atomic mass is 16.5. The highest BCUT2D eigenvalue weighted by Gasteiger charge is 2.39. The Bertz CT molecular complexity index is 863. The summed E-state index contributed by atoms with van der Waals surface area (Å²) in [7, 11) is 3.17. The van der Waals surface area contributed by atoms with Gasteiger partial charge in [-0.1, -0.05) is 30.3 Å². The first-order valence-electron chi connectivity index (χ1n) is 9.26. The van der Waals surface area contributed by atoms with E-state index in [0.29, 0.717) is 17.9 Å². The molecule has 3 rings (SSSR count). The van der Waals surface area contributed by atoms with Crippen molar-refractivity contribution in [1.82, 2.24) is 0 Å². The van der Waals surface area contributed by atoms with E-state index in [2.05, 4.69) is 0 Å². The van der Waals surface area contributed by atoms with E-state index in [1.165, 1.54) is 0 Å². The van der Waals surface area contributed by atoms with Gasteiger partial charge in [-0.25, -0.2) is 0 Å². The highest BCUT2D eigenvalue weighted by molar-refractivity contribution is 6.10. The zero-order valence-electron chi connectivity index (χ0n) is 16.3. The molecule has 0 bridgehead atoms. The summed E-state index contributed by atoms with van der Waals surface area (Å²) in [5, 5.41) is 0. The maximum Gasteiger partial charge on any atom is 0.317 e. The van der Waals surface area contributed by atoms with Gasteiger partial charge in [-0.15, -0.1) is 0 Å². The Kier molecular flexibility index (Phi) is 6.14. The fourth-order valence-electron chi connectivity index (χ4n) is 3.59. The van der Waals surface area contributed by atoms with E-state index in [1.807, 2.05) is 42.5 Å². The van der Waals surface area contributed by atoms with Gasteiger partial charge >= 0.3 is 5.97 Å². The summed E-state index contributed by atoms with van der Waals surface area (Å²) in [5.74, 6) is -0.545. The van der Waals surface area contributed by atoms with Crippen LogP contribution in [0.1, 0.15) is 30.4 Å². The van der Waals surface area contributed by atoms with E-state index in [4.69, 9.17) is 14.2 Å². The van der Waals surface area contributed by atoms with Gasteiger partial charge in [-0.05, 0) is 48.3 Å². The molecule has 5 heteroatoms. The van der Waals surface area contributed by atoms with Crippen molar-refractivity contribution in [2.75, 3.05) is 20.8 Å². The minimum Gasteiger partial charge on any atom is -0.497 e. The SMILES string of the molecule is CCOC(=O)[C@@H]1C(=O)C=C(c2cc(OC)cc(OC)c2)C[C@H]1c1ccccc1. The van der Waals surface area contributed by atoms with Gasteiger partial charge in [-0.3, -0.25) is 9.59 Å². The van der Waals surface area contributed by atoms with E-state index in [1.54, 1.807) is 33.3 Å². The van der Waals surface area contributed by atoms with Crippen molar-refractivity contribution < 1.29 is 23.8 Å². The van der Waals surface area contributed by atoms with E-state index in [9.17, 15) is 9.59 Å². The number of hydrogen-bond acceptors (Lipinski definition) is 5. The fourth-order valence-corrected chi connectivity index (χ4v) is 3.59. The molecule has 1 aliphatic rings. The first-order valence-corrected chi connectivity index (χ1v) is 9.26. The largest absolute Gasteiger partial charge is 0.497 e. The van der Waals surface area contributed by atoms with Crippen LogP contribution in [0.3, 0.4) is 0 Å². The second kappa shape index (κ2) is 8.74. The lowest BCUT2D eigenvalue weighted by molar-refractivity contribution is -0.151. The third-order valence-electron chi connectivity index (χ3n) is 4.96. The highest BCUT2D eigenvalue weighted by Crippen LogP contribution is 2.41. The average molecular weight is 380 g/mol. The van der Waals surface area contributed by atoms with Crippen LogP contribution in [0.2, 0.25) is 0 Å². The number of ketones is 1. The quantitative estimate of drug-likeness (QED) is 0.559. The van der Waals surface area contributed by atoms with Gasteiger partial charge < -0.3 is 14.2 Å². The molecular weight excluding hydrogens is 356 g/mol. The molecule has 0 radical (unpaired) electrons. The molecule has 0 fully saturated rings. The Morgan fingerprint density at radius 2 is 1.68 bits per heavy atom. The lowest BCUT2D eigenvalue weighted by Gasteiger charge is -2.29. The monoisotopic (exact) mass is 380 g/mol. The molecule has 0 saturated carbocycles. The van der Waals surface area contributed by atoms with Gasteiger partial charge in [0.05, 0.1) is 20.8 Å². The minimum absolute atomic E-state index is 0.240. The van der Waals surface area contributed by atoms with Crippen LogP contribution in [0.15, 0.2) is 54.6 Å². The molecule has 0 saturated heterocycles. The van der Waals surface area contributed by atoms with E-state index in [-0.39, 0.29) is 18.3 Å². The molecule has 0 spiro atoms. The molecule has 0 aliphatic heterocycles. The number of methoxy groups -OCH3 is 2. The van der Waals surface area contributed by atoms with E-state index < -0.39 is 11.9 Å². The molecule has 0 unspecified atom stereocenters. The molecular formula is C23H24O5. The number of benzene rings is 2. The Labute approximate surface area is 164 Å². The molecule has 0 heterocycles. The van der Waals surface area contributed by atoms with Crippen molar-refractivity contribution in [1.29, 1.82) is 0 Å². The van der Waals surface area contributed by atoms with Gasteiger partial charge in [0.15, 0.2) is 5.78 Å². The summed E-state index contributed by atoms with van der Waals surface area (Å²) in [4.78, 5) is 25.5. The summed E-state index contributed by atoms with van der Waals surface area (Å²) in [6, 6.07) is 15.1. The second-order valence-electron chi connectivity index (χ2n) is 6.62. The molecule has 0 N–H and O–H groups in total. The Hall–Kier alpha value is -3.08. The maximum absolute atomic E-state index is 12.9. The molecule has 2 aromatic carbocycles. The second-order valence-corrected chi connectivity index (χ2v) is 6.62. The summed E-state index contributed by atoms with van der Waals surface area (Å²) >= 11 is 0. The number of carbonyl (C=O) groups is 2. The van der Waals surface area contributed by atoms with Crippen molar-refractivity contribution in [2.45, 2.75) is 19.3 Å². The number of rotatable bonds is 6. The topological polar surface area (TPSA) is 61.8 Å². The fraction of sp³-hybridized carbons (Fsp3) is 0.304. The predicted molar refractivity (Wildman–Crippen MR) is 106 cm³/mol. The third-order valence-corrected chi connectivity index (χ3v) is 4.96. The maximum atomic E-state index is 12.9. The van der Waals surface area contributed by atoms with E-state index in [0.717, 1.165) is 16.7 Å². The lowest BCUT2D eigenvalue weighted by atomic mass is 9.73. The zero-order chi connectivity index (χ0) is 20.1. The number of ether oxygens (including phenoxy) is 3. The van der Waals surface area contributed by atoms with Crippen molar-refractivity contribution in [3.63, 3.8) is 0 Å². The number of carbonyl (C=O) groups excluding carboxylic acids is 2. The van der Waals surface area contributed by atoms with Crippen LogP contribution in [-0.4, -0.2) is 32.6 Å². The third kappa shape index (κ3) is 4.09. The molecule has 5 nitrogen and oxygen atoms in total. The number of esters is 1. The lowest BCUT2D eigenvalue weighted by Crippen LogP contribution is -2.34. The molecule has 146 valence electrons. The van der Waals surface area contributed by atoms with Gasteiger partial charge in [0.2, 0.25) is 0 Å².